The van der Waals surface area contributed by atoms with Gasteiger partial charge in [-0.3, -0.25) is 10.1 Å². The van der Waals surface area contributed by atoms with E-state index >= 15 is 0 Å². The zero-order valence-electron chi connectivity index (χ0n) is 18.2. The van der Waals surface area contributed by atoms with Crippen molar-refractivity contribution in [1.29, 1.82) is 0 Å². The minimum Gasteiger partial charge on any atom is -0.326 e. The van der Waals surface area contributed by atoms with Crippen molar-refractivity contribution in [2.75, 3.05) is 10.6 Å². The zero-order valence-corrected chi connectivity index (χ0v) is 20.6. The molecule has 1 aromatic heterocycles. The Labute approximate surface area is 200 Å². The molecule has 0 bridgehead atoms. The van der Waals surface area contributed by atoms with Crippen LogP contribution in [-0.2, 0) is 11.2 Å². The topological polar surface area (TPSA) is 96.0 Å². The van der Waals surface area contributed by atoms with Crippen molar-refractivity contribution in [2.45, 2.75) is 39.7 Å². The number of nitrogens with one attached hydrogen (secondary N) is 3. The standard InChI is InChI=1S/C23H26BrN5O2S/c1-4-14(3)19(26-22(31)25-18-12-6-15(5-2)7-13-18)20(30)27-23-29-28-21(32-23)16-8-10-17(24)11-9-16/h6-14,19H,4-5H2,1-3H3,(H2,25,26,31)(H,27,29,30). The number of hydrogen-bond acceptors (Lipinski definition) is 5. The summed E-state index contributed by atoms with van der Waals surface area (Å²) in [7, 11) is 0. The monoisotopic (exact) mass is 515 g/mol. The Kier molecular flexibility index (Phi) is 8.35. The first-order valence-electron chi connectivity index (χ1n) is 10.5. The smallest absolute Gasteiger partial charge is 0.319 e. The number of benzene rings is 2. The highest BCUT2D eigenvalue weighted by Gasteiger charge is 2.27. The Morgan fingerprint density at radius 2 is 1.69 bits per heavy atom. The third-order valence-corrected chi connectivity index (χ3v) is 6.56. The third kappa shape index (κ3) is 6.37. The molecule has 3 rings (SSSR count). The molecule has 2 unspecified atom stereocenters. The van der Waals surface area contributed by atoms with E-state index < -0.39 is 12.1 Å². The van der Waals surface area contributed by atoms with Crippen LogP contribution >= 0.6 is 27.3 Å². The number of carbonyl (C=O) groups is 2. The Bertz CT molecular complexity index is 1050. The van der Waals surface area contributed by atoms with E-state index in [-0.39, 0.29) is 11.8 Å². The largest absolute Gasteiger partial charge is 0.326 e. The lowest BCUT2D eigenvalue weighted by atomic mass is 9.98. The van der Waals surface area contributed by atoms with Crippen molar-refractivity contribution in [3.05, 3.63) is 58.6 Å². The highest BCUT2D eigenvalue weighted by molar-refractivity contribution is 9.10. The molecule has 0 spiro atoms. The second-order valence-electron chi connectivity index (χ2n) is 7.42. The summed E-state index contributed by atoms with van der Waals surface area (Å²) >= 11 is 4.69. The van der Waals surface area contributed by atoms with E-state index in [9.17, 15) is 9.59 Å². The van der Waals surface area contributed by atoms with Crippen LogP contribution in [0.5, 0.6) is 0 Å². The average Bonchev–Trinajstić information content (AvgIpc) is 3.26. The van der Waals surface area contributed by atoms with Crippen LogP contribution in [0.25, 0.3) is 10.6 Å². The van der Waals surface area contributed by atoms with Crippen molar-refractivity contribution in [2.24, 2.45) is 5.92 Å². The molecule has 7 nitrogen and oxygen atoms in total. The van der Waals surface area contributed by atoms with E-state index in [0.29, 0.717) is 15.8 Å². The van der Waals surface area contributed by atoms with Gasteiger partial charge in [0.2, 0.25) is 11.0 Å². The van der Waals surface area contributed by atoms with Gasteiger partial charge < -0.3 is 10.6 Å². The molecule has 0 saturated heterocycles. The number of urea groups is 1. The average molecular weight is 516 g/mol. The summed E-state index contributed by atoms with van der Waals surface area (Å²) in [4.78, 5) is 25.5. The number of aromatic nitrogens is 2. The maximum absolute atomic E-state index is 13.0. The molecular weight excluding hydrogens is 490 g/mol. The van der Waals surface area contributed by atoms with Crippen molar-refractivity contribution in [3.63, 3.8) is 0 Å². The molecular formula is C23H26BrN5O2S. The molecule has 2 atom stereocenters. The summed E-state index contributed by atoms with van der Waals surface area (Å²) in [5.41, 5.74) is 2.77. The SMILES string of the molecule is CCc1ccc(NC(=O)NC(C(=O)Nc2nnc(-c3ccc(Br)cc3)s2)C(C)CC)cc1. The van der Waals surface area contributed by atoms with Crippen LogP contribution in [0.4, 0.5) is 15.6 Å². The van der Waals surface area contributed by atoms with Crippen LogP contribution in [0.15, 0.2) is 53.0 Å². The molecule has 1 heterocycles. The fraction of sp³-hybridized carbons (Fsp3) is 0.304. The summed E-state index contributed by atoms with van der Waals surface area (Å²) in [6.07, 6.45) is 1.65. The number of anilines is 2. The molecule has 0 aliphatic heterocycles. The van der Waals surface area contributed by atoms with E-state index in [2.05, 4.69) is 49.0 Å². The summed E-state index contributed by atoms with van der Waals surface area (Å²) < 4.78 is 0.973. The molecule has 0 aliphatic rings. The maximum Gasteiger partial charge on any atom is 0.319 e. The molecule has 168 valence electrons. The molecule has 9 heteroatoms. The van der Waals surface area contributed by atoms with Crippen molar-refractivity contribution in [3.8, 4) is 10.6 Å². The van der Waals surface area contributed by atoms with Gasteiger partial charge in [-0.15, -0.1) is 10.2 Å². The van der Waals surface area contributed by atoms with E-state index in [1.165, 1.54) is 16.9 Å². The van der Waals surface area contributed by atoms with Crippen LogP contribution in [0.1, 0.15) is 32.8 Å². The lowest BCUT2D eigenvalue weighted by Crippen LogP contribution is -2.49. The number of hydrogen-bond donors (Lipinski definition) is 3. The van der Waals surface area contributed by atoms with Crippen LogP contribution in [0, 0.1) is 5.92 Å². The van der Waals surface area contributed by atoms with Crippen LogP contribution in [0.3, 0.4) is 0 Å². The second-order valence-corrected chi connectivity index (χ2v) is 9.31. The fourth-order valence-electron chi connectivity index (χ4n) is 3.00. The van der Waals surface area contributed by atoms with E-state index in [1.807, 2.05) is 62.4 Å². The minimum atomic E-state index is -0.713. The number of halogens is 1. The quantitative estimate of drug-likeness (QED) is 0.358. The number of nitrogens with zero attached hydrogens (tertiary/aromatic N) is 2. The Balaban J connectivity index is 1.65. The molecule has 32 heavy (non-hydrogen) atoms. The molecule has 0 fully saturated rings. The molecule has 2 aromatic carbocycles. The van der Waals surface area contributed by atoms with E-state index in [0.717, 1.165) is 22.9 Å². The number of amides is 3. The maximum atomic E-state index is 13.0. The van der Waals surface area contributed by atoms with Crippen LogP contribution in [-0.4, -0.2) is 28.2 Å². The first kappa shape index (κ1) is 23.9. The summed E-state index contributed by atoms with van der Waals surface area (Å²) in [6, 6.07) is 14.2. The van der Waals surface area contributed by atoms with Crippen LogP contribution < -0.4 is 16.0 Å². The van der Waals surface area contributed by atoms with Gasteiger partial charge in [0.15, 0.2) is 0 Å². The predicted octanol–water partition coefficient (Wildman–Crippen LogP) is 5.70. The number of carbonyl (C=O) groups excluding carboxylic acids is 2. The third-order valence-electron chi connectivity index (χ3n) is 5.15. The van der Waals surface area contributed by atoms with Crippen molar-refractivity contribution in [1.82, 2.24) is 15.5 Å². The van der Waals surface area contributed by atoms with Crippen LogP contribution in [0.2, 0.25) is 0 Å². The van der Waals surface area contributed by atoms with Gasteiger partial charge in [0.1, 0.15) is 11.0 Å². The second kappa shape index (κ2) is 11.2. The molecule has 0 saturated carbocycles. The molecule has 3 N–H and O–H groups in total. The lowest BCUT2D eigenvalue weighted by molar-refractivity contribution is -0.119. The highest BCUT2D eigenvalue weighted by Crippen LogP contribution is 2.27. The van der Waals surface area contributed by atoms with E-state index in [1.54, 1.807) is 0 Å². The number of rotatable bonds is 8. The summed E-state index contributed by atoms with van der Waals surface area (Å²) in [5.74, 6) is -0.392. The van der Waals surface area contributed by atoms with Gasteiger partial charge in [0.05, 0.1) is 0 Å². The molecule has 3 aromatic rings. The fourth-order valence-corrected chi connectivity index (χ4v) is 4.02. The Morgan fingerprint density at radius 1 is 1.00 bits per heavy atom. The lowest BCUT2D eigenvalue weighted by Gasteiger charge is -2.23. The van der Waals surface area contributed by atoms with Gasteiger partial charge in [0, 0.05) is 15.7 Å². The first-order valence-corrected chi connectivity index (χ1v) is 12.1. The van der Waals surface area contributed by atoms with Gasteiger partial charge >= 0.3 is 6.03 Å². The van der Waals surface area contributed by atoms with Gasteiger partial charge in [-0.25, -0.2) is 4.79 Å². The minimum absolute atomic E-state index is 0.0675. The Hall–Kier alpha value is -2.78. The van der Waals surface area contributed by atoms with Crippen molar-refractivity contribution >= 4 is 50.0 Å². The highest BCUT2D eigenvalue weighted by atomic mass is 79.9. The van der Waals surface area contributed by atoms with Gasteiger partial charge in [-0.1, -0.05) is 78.7 Å². The van der Waals surface area contributed by atoms with Gasteiger partial charge in [0.25, 0.3) is 0 Å². The van der Waals surface area contributed by atoms with Gasteiger partial charge in [-0.2, -0.15) is 0 Å². The van der Waals surface area contributed by atoms with Crippen molar-refractivity contribution < 1.29 is 9.59 Å². The molecule has 0 radical (unpaired) electrons. The first-order chi connectivity index (χ1) is 15.4. The normalized spacial score (nSPS) is 12.6. The zero-order chi connectivity index (χ0) is 23.1. The predicted molar refractivity (Wildman–Crippen MR) is 133 cm³/mol. The molecule has 3 amide bonds. The summed E-state index contributed by atoms with van der Waals surface area (Å²) in [6.45, 7) is 5.98. The number of aryl methyl sites for hydroxylation is 1. The van der Waals surface area contributed by atoms with E-state index in [4.69, 9.17) is 0 Å². The van der Waals surface area contributed by atoms with Gasteiger partial charge in [-0.05, 0) is 42.2 Å². The Morgan fingerprint density at radius 3 is 2.31 bits per heavy atom. The summed E-state index contributed by atoms with van der Waals surface area (Å²) in [5, 5.41) is 17.7. The molecule has 0 aliphatic carbocycles.